The second-order valence-electron chi connectivity index (χ2n) is 6.40. The third-order valence-electron chi connectivity index (χ3n) is 4.19. The molecule has 0 aromatic heterocycles. The van der Waals surface area contributed by atoms with Crippen molar-refractivity contribution in [3.63, 3.8) is 0 Å². The normalized spacial score (nSPS) is 30.9. The topological polar surface area (TPSA) is 38.0 Å². The van der Waals surface area contributed by atoms with Crippen LogP contribution < -0.4 is 11.1 Å². The van der Waals surface area contributed by atoms with Crippen LogP contribution in [0.5, 0.6) is 0 Å². The zero-order valence-electron chi connectivity index (χ0n) is 11.2. The highest BCUT2D eigenvalue weighted by Gasteiger charge is 2.37. The number of nitrogens with one attached hydrogen (secondary N) is 1. The van der Waals surface area contributed by atoms with Gasteiger partial charge in [-0.15, -0.1) is 0 Å². The highest BCUT2D eigenvalue weighted by Crippen LogP contribution is 2.41. The maximum atomic E-state index is 12.3. The average molecular weight is 248 g/mol. The molecule has 102 valence electrons. The van der Waals surface area contributed by atoms with Crippen LogP contribution in [0.3, 0.4) is 0 Å². The van der Waals surface area contributed by atoms with Gasteiger partial charge in [0.05, 0.1) is 6.54 Å². The van der Waals surface area contributed by atoms with Crippen molar-refractivity contribution in [1.82, 2.24) is 5.32 Å². The van der Waals surface area contributed by atoms with Gasteiger partial charge in [-0.2, -0.15) is 0 Å². The summed E-state index contributed by atoms with van der Waals surface area (Å²) >= 11 is 0. The van der Waals surface area contributed by atoms with Crippen LogP contribution in [0.4, 0.5) is 8.78 Å². The number of rotatable bonds is 4. The molecule has 0 aromatic rings. The molecule has 0 aliphatic heterocycles. The summed E-state index contributed by atoms with van der Waals surface area (Å²) in [5.41, 5.74) is 5.83. The summed E-state index contributed by atoms with van der Waals surface area (Å²) in [6.45, 7) is 6.97. The maximum absolute atomic E-state index is 12.3. The molecule has 1 saturated carbocycles. The van der Waals surface area contributed by atoms with E-state index in [-0.39, 0.29) is 12.1 Å². The van der Waals surface area contributed by atoms with Crippen molar-refractivity contribution in [1.29, 1.82) is 0 Å². The van der Waals surface area contributed by atoms with Crippen molar-refractivity contribution in [3.05, 3.63) is 0 Å². The largest absolute Gasteiger partial charge is 0.329 e. The predicted octanol–water partition coefficient (Wildman–Crippen LogP) is 2.77. The van der Waals surface area contributed by atoms with Gasteiger partial charge in [-0.05, 0) is 37.0 Å². The van der Waals surface area contributed by atoms with Crippen LogP contribution in [0.1, 0.15) is 46.5 Å². The lowest BCUT2D eigenvalue weighted by atomic mass is 9.67. The van der Waals surface area contributed by atoms with Gasteiger partial charge in [-0.1, -0.05) is 20.8 Å². The van der Waals surface area contributed by atoms with Crippen molar-refractivity contribution >= 4 is 0 Å². The molecule has 0 saturated heterocycles. The Morgan fingerprint density at radius 3 is 2.18 bits per heavy atom. The van der Waals surface area contributed by atoms with Crippen LogP contribution in [0.25, 0.3) is 0 Å². The number of alkyl halides is 2. The van der Waals surface area contributed by atoms with Gasteiger partial charge in [0.25, 0.3) is 6.43 Å². The monoisotopic (exact) mass is 248 g/mol. The number of hydrogen-bond acceptors (Lipinski definition) is 2. The smallest absolute Gasteiger partial charge is 0.250 e. The van der Waals surface area contributed by atoms with Gasteiger partial charge in [0.15, 0.2) is 0 Å². The molecule has 0 spiro atoms. The Bertz CT molecular complexity index is 228. The quantitative estimate of drug-likeness (QED) is 0.803. The van der Waals surface area contributed by atoms with E-state index >= 15 is 0 Å². The Morgan fingerprint density at radius 1 is 1.29 bits per heavy atom. The molecule has 3 N–H and O–H groups in total. The molecule has 0 unspecified atom stereocenters. The first-order chi connectivity index (χ1) is 7.79. The van der Waals surface area contributed by atoms with Gasteiger partial charge in [0, 0.05) is 12.1 Å². The standard InChI is InChI=1S/C13H26F2N2/c1-12(2,3)10-4-6-13(9-16,7-5-10)17-8-11(14)15/h10-11,17H,4-9,16H2,1-3H3. The van der Waals surface area contributed by atoms with Crippen LogP contribution in [-0.4, -0.2) is 25.1 Å². The summed E-state index contributed by atoms with van der Waals surface area (Å²) in [7, 11) is 0. The Balaban J connectivity index is 2.51. The van der Waals surface area contributed by atoms with E-state index in [0.29, 0.717) is 17.9 Å². The third kappa shape index (κ3) is 4.18. The van der Waals surface area contributed by atoms with Crippen molar-refractivity contribution in [3.8, 4) is 0 Å². The van der Waals surface area contributed by atoms with Gasteiger partial charge in [0.2, 0.25) is 0 Å². The van der Waals surface area contributed by atoms with Gasteiger partial charge in [0.1, 0.15) is 0 Å². The zero-order valence-corrected chi connectivity index (χ0v) is 11.2. The molecule has 2 nitrogen and oxygen atoms in total. The van der Waals surface area contributed by atoms with Crippen molar-refractivity contribution in [2.45, 2.75) is 58.4 Å². The molecule has 0 bridgehead atoms. The number of hydrogen-bond donors (Lipinski definition) is 2. The second kappa shape index (κ2) is 5.61. The van der Waals surface area contributed by atoms with E-state index in [1.165, 1.54) is 0 Å². The van der Waals surface area contributed by atoms with Crippen LogP contribution >= 0.6 is 0 Å². The summed E-state index contributed by atoms with van der Waals surface area (Å²) in [5.74, 6) is 0.676. The summed E-state index contributed by atoms with van der Waals surface area (Å²) in [4.78, 5) is 0. The van der Waals surface area contributed by atoms with Crippen LogP contribution in [0.15, 0.2) is 0 Å². The fourth-order valence-electron chi connectivity index (χ4n) is 2.78. The molecule has 0 heterocycles. The van der Waals surface area contributed by atoms with Gasteiger partial charge < -0.3 is 11.1 Å². The third-order valence-corrected chi connectivity index (χ3v) is 4.19. The molecule has 1 rings (SSSR count). The van der Waals surface area contributed by atoms with E-state index < -0.39 is 6.43 Å². The predicted molar refractivity (Wildman–Crippen MR) is 67.2 cm³/mol. The first kappa shape index (κ1) is 14.8. The maximum Gasteiger partial charge on any atom is 0.250 e. The van der Waals surface area contributed by atoms with Crippen LogP contribution in [0, 0.1) is 11.3 Å². The number of halogens is 2. The highest BCUT2D eigenvalue weighted by molar-refractivity contribution is 4.95. The molecule has 0 aromatic carbocycles. The SMILES string of the molecule is CC(C)(C)C1CCC(CN)(NCC(F)F)CC1. The Kier molecular flexibility index (Phi) is 4.90. The summed E-state index contributed by atoms with van der Waals surface area (Å²) in [5, 5.41) is 2.98. The zero-order chi connectivity index (χ0) is 13.1. The first-order valence-corrected chi connectivity index (χ1v) is 6.52. The van der Waals surface area contributed by atoms with Gasteiger partial charge in [-0.3, -0.25) is 0 Å². The molecular weight excluding hydrogens is 222 g/mol. The lowest BCUT2D eigenvalue weighted by molar-refractivity contribution is 0.0892. The lowest BCUT2D eigenvalue weighted by Gasteiger charge is -2.44. The fourth-order valence-corrected chi connectivity index (χ4v) is 2.78. The summed E-state index contributed by atoms with van der Waals surface area (Å²) in [6.07, 6.45) is 1.70. The van der Waals surface area contributed by atoms with E-state index in [4.69, 9.17) is 5.73 Å². The number of nitrogens with two attached hydrogens (primary N) is 1. The summed E-state index contributed by atoms with van der Waals surface area (Å²) < 4.78 is 24.5. The van der Waals surface area contributed by atoms with Crippen molar-refractivity contribution in [2.24, 2.45) is 17.1 Å². The molecule has 1 fully saturated rings. The second-order valence-corrected chi connectivity index (χ2v) is 6.40. The minimum atomic E-state index is -2.29. The Morgan fingerprint density at radius 2 is 1.82 bits per heavy atom. The molecule has 0 atom stereocenters. The lowest BCUT2D eigenvalue weighted by Crippen LogP contribution is -2.55. The molecule has 0 radical (unpaired) electrons. The molecule has 1 aliphatic rings. The average Bonchev–Trinajstić information content (AvgIpc) is 2.26. The highest BCUT2D eigenvalue weighted by atomic mass is 19.3. The van der Waals surface area contributed by atoms with Crippen molar-refractivity contribution < 1.29 is 8.78 Å². The van der Waals surface area contributed by atoms with E-state index in [2.05, 4.69) is 26.1 Å². The van der Waals surface area contributed by atoms with Crippen LogP contribution in [-0.2, 0) is 0 Å². The van der Waals surface area contributed by atoms with Gasteiger partial charge in [-0.25, -0.2) is 8.78 Å². The van der Waals surface area contributed by atoms with E-state index in [9.17, 15) is 8.78 Å². The van der Waals surface area contributed by atoms with Crippen molar-refractivity contribution in [2.75, 3.05) is 13.1 Å². The van der Waals surface area contributed by atoms with Crippen LogP contribution in [0.2, 0.25) is 0 Å². The van der Waals surface area contributed by atoms with E-state index in [1.54, 1.807) is 0 Å². The molecule has 17 heavy (non-hydrogen) atoms. The fraction of sp³-hybridized carbons (Fsp3) is 1.00. The Hall–Kier alpha value is -0.220. The van der Waals surface area contributed by atoms with Gasteiger partial charge >= 0.3 is 0 Å². The molecule has 1 aliphatic carbocycles. The summed E-state index contributed by atoms with van der Waals surface area (Å²) in [6, 6.07) is 0. The van der Waals surface area contributed by atoms with E-state index in [1.807, 2.05) is 0 Å². The Labute approximate surface area is 103 Å². The minimum Gasteiger partial charge on any atom is -0.329 e. The first-order valence-electron chi connectivity index (χ1n) is 6.52. The minimum absolute atomic E-state index is 0.239. The van der Waals surface area contributed by atoms with E-state index in [0.717, 1.165) is 25.7 Å². The molecule has 4 heteroatoms. The molecule has 0 amide bonds. The molecular formula is C13H26F2N2.